The zero-order chi connectivity index (χ0) is 33.3. The first-order chi connectivity index (χ1) is 22.4. The number of para-hydroxylation sites is 1. The Labute approximate surface area is 274 Å². The second-order valence-corrected chi connectivity index (χ2v) is 14.3. The van der Waals surface area contributed by atoms with Gasteiger partial charge in [0.05, 0.1) is 35.4 Å². The lowest BCUT2D eigenvalue weighted by atomic mass is 9.87. The highest BCUT2D eigenvalue weighted by atomic mass is 32.2. The Morgan fingerprint density at radius 3 is 2.55 bits per heavy atom. The van der Waals surface area contributed by atoms with Gasteiger partial charge in [0, 0.05) is 68.1 Å². The molecule has 0 spiro atoms. The van der Waals surface area contributed by atoms with Gasteiger partial charge in [-0.05, 0) is 36.2 Å². The summed E-state index contributed by atoms with van der Waals surface area (Å²) in [5.41, 5.74) is 8.86. The van der Waals surface area contributed by atoms with Crippen LogP contribution in [0.2, 0.25) is 0 Å². The molecule has 1 atom stereocenters. The Kier molecular flexibility index (Phi) is 9.36. The third-order valence-electron chi connectivity index (χ3n) is 7.90. The van der Waals surface area contributed by atoms with Crippen LogP contribution in [0.15, 0.2) is 42.5 Å². The van der Waals surface area contributed by atoms with E-state index in [0.29, 0.717) is 63.8 Å². The van der Waals surface area contributed by atoms with E-state index in [2.05, 4.69) is 20.0 Å². The van der Waals surface area contributed by atoms with Gasteiger partial charge in [-0.25, -0.2) is 27.2 Å². The number of aromatic nitrogens is 4. The Morgan fingerprint density at radius 1 is 1.11 bits per heavy atom. The number of rotatable bonds is 12. The summed E-state index contributed by atoms with van der Waals surface area (Å²) in [7, 11) is -1.93. The molecule has 248 valence electrons. The highest BCUT2D eigenvalue weighted by molar-refractivity contribution is 7.92. The van der Waals surface area contributed by atoms with Crippen molar-refractivity contribution in [1.29, 1.82) is 0 Å². The first-order valence-electron chi connectivity index (χ1n) is 15.0. The third kappa shape index (κ3) is 7.67. The molecule has 6 rings (SSSR count). The van der Waals surface area contributed by atoms with Crippen molar-refractivity contribution in [2.75, 3.05) is 55.7 Å². The maximum atomic E-state index is 14.2. The molecule has 0 radical (unpaired) electrons. The number of ether oxygens (including phenoxy) is 1. The molecule has 2 aromatic carbocycles. The number of thiazole rings is 1. The lowest BCUT2D eigenvalue weighted by Gasteiger charge is -2.26. The number of morpholine rings is 1. The molecule has 0 aliphatic carbocycles. The van der Waals surface area contributed by atoms with Crippen LogP contribution in [0.25, 0.3) is 32.4 Å². The summed E-state index contributed by atoms with van der Waals surface area (Å²) in [6, 6.07) is 10.5. The number of pyridine rings is 1. The topological polar surface area (TPSA) is 157 Å². The summed E-state index contributed by atoms with van der Waals surface area (Å²) >= 11 is 1.42. The van der Waals surface area contributed by atoms with E-state index in [1.807, 2.05) is 12.1 Å². The van der Waals surface area contributed by atoms with Gasteiger partial charge < -0.3 is 15.8 Å². The fraction of sp³-hybridized carbons (Fsp3) is 0.355. The van der Waals surface area contributed by atoms with Gasteiger partial charge in [-0.15, -0.1) is 0 Å². The molecule has 4 N–H and O–H groups in total. The van der Waals surface area contributed by atoms with Crippen molar-refractivity contribution in [3.8, 4) is 11.1 Å². The molecule has 4 heterocycles. The molecule has 0 bridgehead atoms. The van der Waals surface area contributed by atoms with Crippen molar-refractivity contribution in [2.45, 2.75) is 18.8 Å². The minimum atomic E-state index is -3.62. The monoisotopic (exact) mass is 684 g/mol. The molecule has 3 aromatic heterocycles. The number of hydrogen-bond donors (Lipinski definition) is 3. The molecule has 1 aliphatic heterocycles. The van der Waals surface area contributed by atoms with E-state index < -0.39 is 33.5 Å². The summed E-state index contributed by atoms with van der Waals surface area (Å²) < 4.78 is 62.9. The second kappa shape index (κ2) is 13.5. The van der Waals surface area contributed by atoms with Gasteiger partial charge in [-0.1, -0.05) is 23.5 Å². The first kappa shape index (κ1) is 32.7. The number of amides is 1. The number of nitrogens with zero attached hydrogens (tertiary/aromatic N) is 5. The number of anilines is 2. The third-order valence-corrected chi connectivity index (χ3v) is 9.41. The van der Waals surface area contributed by atoms with Crippen molar-refractivity contribution in [1.82, 2.24) is 24.6 Å². The number of benzene rings is 2. The van der Waals surface area contributed by atoms with Crippen LogP contribution in [0.5, 0.6) is 0 Å². The van der Waals surface area contributed by atoms with Crippen LogP contribution in [-0.2, 0) is 33.0 Å². The first-order valence-corrected chi connectivity index (χ1v) is 17.7. The van der Waals surface area contributed by atoms with Gasteiger partial charge in [-0.3, -0.25) is 19.1 Å². The van der Waals surface area contributed by atoms with Gasteiger partial charge in [0.15, 0.2) is 16.6 Å². The molecule has 1 fully saturated rings. The van der Waals surface area contributed by atoms with E-state index in [9.17, 15) is 22.0 Å². The Bertz CT molecular complexity index is 2040. The van der Waals surface area contributed by atoms with E-state index in [-0.39, 0.29) is 18.7 Å². The normalized spacial score (nSPS) is 14.9. The van der Waals surface area contributed by atoms with Gasteiger partial charge >= 0.3 is 0 Å². The van der Waals surface area contributed by atoms with Crippen LogP contribution in [0.4, 0.5) is 19.7 Å². The van der Waals surface area contributed by atoms with E-state index in [1.165, 1.54) is 23.5 Å². The Balaban J connectivity index is 1.47. The number of nitrogens with two attached hydrogens (primary N) is 1. The van der Waals surface area contributed by atoms with E-state index in [4.69, 9.17) is 20.4 Å². The molecule has 5 aromatic rings. The van der Waals surface area contributed by atoms with Crippen LogP contribution >= 0.6 is 11.3 Å². The highest BCUT2D eigenvalue weighted by Crippen LogP contribution is 2.40. The SMILES string of the molecule is Cn1nc(NS(C)(=O)=O)c2cccc(-c3cc4sc(NCCN5CCOCC5)nc4nc3[C@H](CC(N)=O)Cc3cc(F)cc(F)c3)c21. The number of fused-ring (bicyclic) bond motifs is 2. The maximum Gasteiger partial charge on any atom is 0.231 e. The van der Waals surface area contributed by atoms with Crippen molar-refractivity contribution >= 4 is 59.5 Å². The standard InChI is InChI=1S/C31H34F2N8O4S2/c1-40-28-22(4-3-5-23(28)29(38-40)39-47(2,43)44)24-17-25-30(37-31(46-25)35-6-7-41-8-10-45-11-9-41)36-27(24)19(15-26(34)42)12-18-13-20(32)16-21(33)14-18/h3-5,13-14,16-17,19H,6-12,15H2,1-2H3,(H2,34,42)(H,38,39)(H,35,36,37)/t19-/m0/s1. The predicted octanol–water partition coefficient (Wildman–Crippen LogP) is 3.84. The molecule has 0 saturated carbocycles. The summed E-state index contributed by atoms with van der Waals surface area (Å²) in [6.07, 6.45) is 0.966. The van der Waals surface area contributed by atoms with Crippen LogP contribution in [0, 0.1) is 11.6 Å². The molecule has 12 nitrogen and oxygen atoms in total. The number of carbonyl (C=O) groups excluding carboxylic acids is 1. The molecule has 16 heteroatoms. The lowest BCUT2D eigenvalue weighted by molar-refractivity contribution is -0.118. The number of aryl methyl sites for hydroxylation is 1. The largest absolute Gasteiger partial charge is 0.379 e. The number of nitrogens with one attached hydrogen (secondary N) is 2. The van der Waals surface area contributed by atoms with Crippen molar-refractivity contribution in [3.63, 3.8) is 0 Å². The average Bonchev–Trinajstić information content (AvgIpc) is 3.54. The summed E-state index contributed by atoms with van der Waals surface area (Å²) in [4.78, 5) is 24.4. The molecule has 1 amide bonds. The van der Waals surface area contributed by atoms with Crippen LogP contribution in [0.1, 0.15) is 23.6 Å². The predicted molar refractivity (Wildman–Crippen MR) is 178 cm³/mol. The second-order valence-electron chi connectivity index (χ2n) is 11.5. The van der Waals surface area contributed by atoms with E-state index in [1.54, 1.807) is 23.9 Å². The van der Waals surface area contributed by atoms with Gasteiger partial charge in [0.2, 0.25) is 15.9 Å². The molecule has 0 unspecified atom stereocenters. The Morgan fingerprint density at radius 2 is 1.85 bits per heavy atom. The number of carbonyl (C=O) groups is 1. The van der Waals surface area contributed by atoms with Gasteiger partial charge in [0.1, 0.15) is 11.6 Å². The molecular formula is C31H34F2N8O4S2. The number of primary amides is 1. The van der Waals surface area contributed by atoms with E-state index >= 15 is 0 Å². The van der Waals surface area contributed by atoms with Crippen molar-refractivity contribution < 1.29 is 26.7 Å². The Hall–Kier alpha value is -4.25. The molecule has 47 heavy (non-hydrogen) atoms. The van der Waals surface area contributed by atoms with Crippen molar-refractivity contribution in [3.05, 3.63) is 65.4 Å². The maximum absolute atomic E-state index is 14.2. The highest BCUT2D eigenvalue weighted by Gasteiger charge is 2.26. The zero-order valence-electron chi connectivity index (χ0n) is 25.8. The minimum absolute atomic E-state index is 0.0696. The lowest BCUT2D eigenvalue weighted by Crippen LogP contribution is -2.38. The quantitative estimate of drug-likeness (QED) is 0.178. The fourth-order valence-corrected chi connectivity index (χ4v) is 7.33. The number of halogens is 2. The van der Waals surface area contributed by atoms with E-state index in [0.717, 1.165) is 36.7 Å². The molecular weight excluding hydrogens is 651 g/mol. The van der Waals surface area contributed by atoms with Crippen LogP contribution in [-0.4, -0.2) is 84.6 Å². The van der Waals surface area contributed by atoms with Gasteiger partial charge in [0.25, 0.3) is 0 Å². The summed E-state index contributed by atoms with van der Waals surface area (Å²) in [6.45, 7) is 4.64. The average molecular weight is 685 g/mol. The van der Waals surface area contributed by atoms with Crippen LogP contribution in [0.3, 0.4) is 0 Å². The zero-order valence-corrected chi connectivity index (χ0v) is 27.4. The molecule has 1 aliphatic rings. The number of sulfonamides is 1. The summed E-state index contributed by atoms with van der Waals surface area (Å²) in [5.74, 6) is -2.60. The van der Waals surface area contributed by atoms with Crippen LogP contribution < -0.4 is 15.8 Å². The fourth-order valence-electron chi connectivity index (χ4n) is 5.95. The smallest absolute Gasteiger partial charge is 0.231 e. The van der Waals surface area contributed by atoms with Crippen molar-refractivity contribution in [2.24, 2.45) is 12.8 Å². The molecule has 1 saturated heterocycles. The van der Waals surface area contributed by atoms with Gasteiger partial charge in [-0.2, -0.15) is 5.10 Å². The summed E-state index contributed by atoms with van der Waals surface area (Å²) in [5, 5.41) is 9.03. The number of hydrogen-bond acceptors (Lipinski definition) is 10. The minimum Gasteiger partial charge on any atom is -0.379 e.